The van der Waals surface area contributed by atoms with Crippen molar-refractivity contribution in [1.82, 2.24) is 4.98 Å². The van der Waals surface area contributed by atoms with Crippen LogP contribution in [0.4, 0.5) is 0 Å². The summed E-state index contributed by atoms with van der Waals surface area (Å²) in [5.74, 6) is 0.736. The van der Waals surface area contributed by atoms with E-state index in [2.05, 4.69) is 11.1 Å². The van der Waals surface area contributed by atoms with Gasteiger partial charge in [0, 0.05) is 17.3 Å². The van der Waals surface area contributed by atoms with E-state index in [1.807, 2.05) is 24.3 Å². The second-order valence-electron chi connectivity index (χ2n) is 3.18. The van der Waals surface area contributed by atoms with Gasteiger partial charge in [-0.05, 0) is 23.8 Å². The summed E-state index contributed by atoms with van der Waals surface area (Å²) in [6.07, 6.45) is 1.78. The lowest BCUT2D eigenvalue weighted by molar-refractivity contribution is 1.38. The van der Waals surface area contributed by atoms with E-state index in [4.69, 9.17) is 11.1 Å². The molecule has 0 atom stereocenters. The molecule has 0 saturated heterocycles. The summed E-state index contributed by atoms with van der Waals surface area (Å²) in [6.45, 7) is 0. The van der Waals surface area contributed by atoms with Gasteiger partial charge in [-0.2, -0.15) is 0 Å². The Bertz CT molecular complexity index is 496. The van der Waals surface area contributed by atoms with Gasteiger partial charge in [-0.15, -0.1) is 0 Å². The summed E-state index contributed by atoms with van der Waals surface area (Å²) in [6, 6.07) is 10.0. The number of benzene rings is 1. The Kier molecular flexibility index (Phi) is 2.87. The third kappa shape index (κ3) is 2.47. The van der Waals surface area contributed by atoms with Crippen molar-refractivity contribution in [2.75, 3.05) is 0 Å². The molecule has 1 heterocycles. The molecule has 0 bridgehead atoms. The van der Waals surface area contributed by atoms with Crippen molar-refractivity contribution < 1.29 is 0 Å². The van der Waals surface area contributed by atoms with Crippen LogP contribution < -0.4 is 5.73 Å². The molecule has 0 aliphatic carbocycles. The lowest BCUT2D eigenvalue weighted by Crippen LogP contribution is -2.03. The van der Waals surface area contributed by atoms with Gasteiger partial charge in [-0.25, -0.2) is 0 Å². The number of hydrogen-bond donors (Lipinski definition) is 2. The summed E-state index contributed by atoms with van der Waals surface area (Å²) in [5, 5.41) is 8.41. The van der Waals surface area contributed by atoms with Crippen molar-refractivity contribution in [2.45, 2.75) is 5.75 Å². The first-order valence-electron chi connectivity index (χ1n) is 4.56. The number of pyridine rings is 1. The highest BCUT2D eigenvalue weighted by molar-refractivity contribution is 8.13. The maximum Gasteiger partial charge on any atom is 0.151 e. The zero-order chi connectivity index (χ0) is 10.7. The molecule has 0 fully saturated rings. The predicted octanol–water partition coefficient (Wildman–Crippen LogP) is 2.36. The standard InChI is InChI=1S/C11H11N3S/c12-11(13)15-7-8-3-4-10-9(6-8)2-1-5-14-10/h1-6H,7H2,(H3,12,13). The minimum Gasteiger partial charge on any atom is -0.379 e. The molecule has 15 heavy (non-hydrogen) atoms. The topological polar surface area (TPSA) is 62.8 Å². The van der Waals surface area contributed by atoms with Gasteiger partial charge >= 0.3 is 0 Å². The molecule has 3 nitrogen and oxygen atoms in total. The molecule has 3 N–H and O–H groups in total. The van der Waals surface area contributed by atoms with E-state index in [1.54, 1.807) is 6.20 Å². The molecule has 4 heteroatoms. The highest BCUT2D eigenvalue weighted by Gasteiger charge is 1.98. The third-order valence-corrected chi connectivity index (χ3v) is 2.85. The van der Waals surface area contributed by atoms with Crippen LogP contribution in [0, 0.1) is 5.41 Å². The fraction of sp³-hybridized carbons (Fsp3) is 0.0909. The minimum absolute atomic E-state index is 0.154. The lowest BCUT2D eigenvalue weighted by Gasteiger charge is -2.02. The van der Waals surface area contributed by atoms with Crippen LogP contribution >= 0.6 is 11.8 Å². The van der Waals surface area contributed by atoms with Crippen LogP contribution in [0.2, 0.25) is 0 Å². The molecular weight excluding hydrogens is 206 g/mol. The Morgan fingerprint density at radius 3 is 3.07 bits per heavy atom. The number of nitrogens with zero attached hydrogens (tertiary/aromatic N) is 1. The van der Waals surface area contributed by atoms with Gasteiger partial charge in [-0.1, -0.05) is 23.9 Å². The van der Waals surface area contributed by atoms with Crippen LogP contribution in [-0.4, -0.2) is 10.2 Å². The van der Waals surface area contributed by atoms with Crippen molar-refractivity contribution in [2.24, 2.45) is 5.73 Å². The maximum atomic E-state index is 7.13. The molecule has 2 aromatic rings. The first kappa shape index (κ1) is 9.98. The number of nitrogens with two attached hydrogens (primary N) is 1. The van der Waals surface area contributed by atoms with Gasteiger partial charge in [0.1, 0.15) is 0 Å². The Morgan fingerprint density at radius 1 is 1.40 bits per heavy atom. The van der Waals surface area contributed by atoms with Gasteiger partial charge in [0.05, 0.1) is 5.52 Å². The van der Waals surface area contributed by atoms with Crippen molar-refractivity contribution in [3.05, 3.63) is 42.1 Å². The number of thioether (sulfide) groups is 1. The summed E-state index contributed by atoms with van der Waals surface area (Å²) in [7, 11) is 0. The molecule has 0 aliphatic heterocycles. The van der Waals surface area contributed by atoms with Crippen molar-refractivity contribution in [3.63, 3.8) is 0 Å². The summed E-state index contributed by atoms with van der Waals surface area (Å²) in [5.41, 5.74) is 7.44. The number of rotatable bonds is 2. The summed E-state index contributed by atoms with van der Waals surface area (Å²) >= 11 is 1.33. The zero-order valence-electron chi connectivity index (χ0n) is 8.10. The van der Waals surface area contributed by atoms with E-state index in [1.165, 1.54) is 11.8 Å². The molecule has 1 aromatic heterocycles. The molecule has 1 aromatic carbocycles. The monoisotopic (exact) mass is 217 g/mol. The average Bonchev–Trinajstić information content (AvgIpc) is 2.26. The zero-order valence-corrected chi connectivity index (χ0v) is 8.92. The van der Waals surface area contributed by atoms with E-state index < -0.39 is 0 Å². The smallest absolute Gasteiger partial charge is 0.151 e. The number of aromatic nitrogens is 1. The second kappa shape index (κ2) is 4.31. The molecule has 2 rings (SSSR count). The molecule has 0 saturated carbocycles. The molecule has 0 spiro atoms. The third-order valence-electron chi connectivity index (χ3n) is 2.06. The van der Waals surface area contributed by atoms with Gasteiger partial charge < -0.3 is 5.73 Å². The average molecular weight is 217 g/mol. The van der Waals surface area contributed by atoms with E-state index in [9.17, 15) is 0 Å². The van der Waals surface area contributed by atoms with Gasteiger partial charge in [0.2, 0.25) is 0 Å². The van der Waals surface area contributed by atoms with Crippen LogP contribution in [0.5, 0.6) is 0 Å². The Morgan fingerprint density at radius 2 is 2.27 bits per heavy atom. The van der Waals surface area contributed by atoms with Crippen LogP contribution in [0.1, 0.15) is 5.56 Å². The Hall–Kier alpha value is -1.55. The minimum atomic E-state index is 0.154. The fourth-order valence-electron chi connectivity index (χ4n) is 1.38. The number of amidine groups is 1. The molecule has 0 unspecified atom stereocenters. The molecule has 0 radical (unpaired) electrons. The number of hydrogen-bond acceptors (Lipinski definition) is 3. The predicted molar refractivity (Wildman–Crippen MR) is 65.0 cm³/mol. The van der Waals surface area contributed by atoms with E-state index in [0.717, 1.165) is 22.2 Å². The largest absolute Gasteiger partial charge is 0.379 e. The van der Waals surface area contributed by atoms with Gasteiger partial charge in [-0.3, -0.25) is 10.4 Å². The molecule has 76 valence electrons. The molecule has 0 amide bonds. The highest BCUT2D eigenvalue weighted by Crippen LogP contribution is 2.17. The molecule has 0 aliphatic rings. The van der Waals surface area contributed by atoms with E-state index >= 15 is 0 Å². The van der Waals surface area contributed by atoms with Crippen LogP contribution in [0.3, 0.4) is 0 Å². The van der Waals surface area contributed by atoms with Crippen molar-refractivity contribution in [1.29, 1.82) is 5.41 Å². The van der Waals surface area contributed by atoms with Crippen molar-refractivity contribution in [3.8, 4) is 0 Å². The number of fused-ring (bicyclic) bond motifs is 1. The van der Waals surface area contributed by atoms with E-state index in [-0.39, 0.29) is 5.17 Å². The van der Waals surface area contributed by atoms with Crippen LogP contribution in [0.15, 0.2) is 36.5 Å². The first-order valence-corrected chi connectivity index (χ1v) is 5.55. The maximum absolute atomic E-state index is 7.13. The Labute approximate surface area is 92.2 Å². The lowest BCUT2D eigenvalue weighted by atomic mass is 10.1. The SMILES string of the molecule is N=C(N)SCc1ccc2ncccc2c1. The second-order valence-corrected chi connectivity index (χ2v) is 4.20. The van der Waals surface area contributed by atoms with Crippen molar-refractivity contribution >= 4 is 27.8 Å². The van der Waals surface area contributed by atoms with Gasteiger partial charge in [0.15, 0.2) is 5.17 Å². The number of nitrogens with one attached hydrogen (secondary N) is 1. The Balaban J connectivity index is 2.26. The highest BCUT2D eigenvalue weighted by atomic mass is 32.2. The fourth-order valence-corrected chi connectivity index (χ4v) is 1.88. The first-order chi connectivity index (χ1) is 7.25. The summed E-state index contributed by atoms with van der Waals surface area (Å²) < 4.78 is 0. The van der Waals surface area contributed by atoms with E-state index in [0.29, 0.717) is 0 Å². The summed E-state index contributed by atoms with van der Waals surface area (Å²) in [4.78, 5) is 4.24. The quantitative estimate of drug-likeness (QED) is 0.599. The molecular formula is C11H11N3S. The normalized spacial score (nSPS) is 10.4. The van der Waals surface area contributed by atoms with Crippen LogP contribution in [-0.2, 0) is 5.75 Å². The van der Waals surface area contributed by atoms with Gasteiger partial charge in [0.25, 0.3) is 0 Å². The van der Waals surface area contributed by atoms with Crippen LogP contribution in [0.25, 0.3) is 10.9 Å².